The third kappa shape index (κ3) is 3.47. The number of likely N-dealkylation sites (tertiary alicyclic amines) is 1. The summed E-state index contributed by atoms with van der Waals surface area (Å²) in [5.74, 6) is 0.218. The number of nitrogens with zero attached hydrogens (tertiary/aromatic N) is 1. The molecule has 0 saturated carbocycles. The highest BCUT2D eigenvalue weighted by Crippen LogP contribution is 2.07. The molecule has 4 heteroatoms. The number of rotatable bonds is 4. The first-order valence-electron chi connectivity index (χ1n) is 6.07. The van der Waals surface area contributed by atoms with Gasteiger partial charge in [-0.2, -0.15) is 0 Å². The van der Waals surface area contributed by atoms with Gasteiger partial charge in [-0.15, -0.1) is 0 Å². The Morgan fingerprint density at radius 2 is 2.20 bits per heavy atom. The predicted molar refractivity (Wildman–Crippen MR) is 59.7 cm³/mol. The fourth-order valence-electron chi connectivity index (χ4n) is 2.34. The Kier molecular flexibility index (Phi) is 3.97. The molecule has 2 rings (SSSR count). The summed E-state index contributed by atoms with van der Waals surface area (Å²) in [6.07, 6.45) is 4.34. The number of carbonyl (C=O) groups is 1. The quantitative estimate of drug-likeness (QED) is 0.685. The van der Waals surface area contributed by atoms with Gasteiger partial charge in [0.2, 0.25) is 5.91 Å². The maximum absolute atomic E-state index is 11.6. The van der Waals surface area contributed by atoms with Crippen LogP contribution < -0.4 is 10.6 Å². The molecule has 0 unspecified atom stereocenters. The number of carbonyl (C=O) groups excluding carboxylic acids is 1. The van der Waals surface area contributed by atoms with Gasteiger partial charge in [-0.1, -0.05) is 0 Å². The van der Waals surface area contributed by atoms with E-state index in [1.807, 2.05) is 0 Å². The summed E-state index contributed by atoms with van der Waals surface area (Å²) in [5, 5.41) is 6.32. The van der Waals surface area contributed by atoms with Crippen molar-refractivity contribution in [2.75, 3.05) is 32.7 Å². The smallest absolute Gasteiger partial charge is 0.221 e. The van der Waals surface area contributed by atoms with Gasteiger partial charge in [-0.25, -0.2) is 0 Å². The molecule has 2 saturated heterocycles. The van der Waals surface area contributed by atoms with E-state index >= 15 is 0 Å². The Hall–Kier alpha value is -0.610. The van der Waals surface area contributed by atoms with Crippen molar-refractivity contribution in [2.24, 2.45) is 0 Å². The molecule has 2 fully saturated rings. The Bertz CT molecular complexity index is 208. The van der Waals surface area contributed by atoms with Gasteiger partial charge in [0, 0.05) is 25.6 Å². The molecule has 2 heterocycles. The lowest BCUT2D eigenvalue weighted by Gasteiger charge is -2.15. The van der Waals surface area contributed by atoms with Crippen molar-refractivity contribution < 1.29 is 4.79 Å². The lowest BCUT2D eigenvalue weighted by Crippen LogP contribution is -2.37. The highest BCUT2D eigenvalue weighted by Gasteiger charge is 2.17. The zero-order chi connectivity index (χ0) is 10.5. The van der Waals surface area contributed by atoms with Gasteiger partial charge in [0.15, 0.2) is 0 Å². The summed E-state index contributed by atoms with van der Waals surface area (Å²) in [7, 11) is 0. The Labute approximate surface area is 91.4 Å². The van der Waals surface area contributed by atoms with E-state index in [0.29, 0.717) is 12.5 Å². The Morgan fingerprint density at radius 1 is 1.40 bits per heavy atom. The minimum atomic E-state index is 0.218. The number of amides is 1. The van der Waals surface area contributed by atoms with Crippen LogP contribution in [0.3, 0.4) is 0 Å². The fraction of sp³-hybridized carbons (Fsp3) is 0.909. The van der Waals surface area contributed by atoms with E-state index in [1.165, 1.54) is 25.9 Å². The molecular weight excluding hydrogens is 190 g/mol. The monoisotopic (exact) mass is 211 g/mol. The van der Waals surface area contributed by atoms with Crippen molar-refractivity contribution in [3.8, 4) is 0 Å². The van der Waals surface area contributed by atoms with Crippen molar-refractivity contribution >= 4 is 5.91 Å². The van der Waals surface area contributed by atoms with Crippen molar-refractivity contribution in [3.05, 3.63) is 0 Å². The minimum Gasteiger partial charge on any atom is -0.352 e. The number of hydrogen-bond acceptors (Lipinski definition) is 3. The highest BCUT2D eigenvalue weighted by molar-refractivity contribution is 5.76. The molecule has 2 N–H and O–H groups in total. The molecule has 15 heavy (non-hydrogen) atoms. The molecular formula is C11H21N3O. The van der Waals surface area contributed by atoms with Crippen LogP contribution in [0, 0.1) is 0 Å². The maximum Gasteiger partial charge on any atom is 0.221 e. The third-order valence-electron chi connectivity index (χ3n) is 3.28. The van der Waals surface area contributed by atoms with Crippen molar-refractivity contribution in [1.82, 2.24) is 15.5 Å². The predicted octanol–water partition coefficient (Wildman–Crippen LogP) is -0.0496. The first-order chi connectivity index (χ1) is 7.34. The molecule has 0 bridgehead atoms. The van der Waals surface area contributed by atoms with Crippen molar-refractivity contribution in [1.29, 1.82) is 0 Å². The molecule has 2 aliphatic rings. The third-order valence-corrected chi connectivity index (χ3v) is 3.28. The van der Waals surface area contributed by atoms with Gasteiger partial charge in [0.25, 0.3) is 0 Å². The molecule has 1 atom stereocenters. The van der Waals surface area contributed by atoms with E-state index in [1.54, 1.807) is 0 Å². The van der Waals surface area contributed by atoms with Gasteiger partial charge < -0.3 is 15.5 Å². The summed E-state index contributed by atoms with van der Waals surface area (Å²) in [5.41, 5.74) is 0. The van der Waals surface area contributed by atoms with Crippen LogP contribution in [0.25, 0.3) is 0 Å². The molecule has 0 aromatic carbocycles. The average Bonchev–Trinajstić information content (AvgIpc) is 2.86. The van der Waals surface area contributed by atoms with Crippen LogP contribution in [0.5, 0.6) is 0 Å². The van der Waals surface area contributed by atoms with Gasteiger partial charge in [-0.05, 0) is 38.9 Å². The lowest BCUT2D eigenvalue weighted by molar-refractivity contribution is -0.121. The first-order valence-corrected chi connectivity index (χ1v) is 6.07. The molecule has 0 aliphatic carbocycles. The topological polar surface area (TPSA) is 44.4 Å². The van der Waals surface area contributed by atoms with E-state index in [-0.39, 0.29) is 5.91 Å². The number of hydrogen-bond donors (Lipinski definition) is 2. The second kappa shape index (κ2) is 5.47. The molecule has 0 spiro atoms. The molecule has 0 aromatic rings. The van der Waals surface area contributed by atoms with E-state index in [0.717, 1.165) is 26.1 Å². The molecule has 86 valence electrons. The van der Waals surface area contributed by atoms with Crippen LogP contribution in [0.2, 0.25) is 0 Å². The van der Waals surface area contributed by atoms with Crippen LogP contribution >= 0.6 is 0 Å². The summed E-state index contributed by atoms with van der Waals surface area (Å²) < 4.78 is 0. The van der Waals surface area contributed by atoms with E-state index < -0.39 is 0 Å². The molecule has 4 nitrogen and oxygen atoms in total. The van der Waals surface area contributed by atoms with Gasteiger partial charge in [-0.3, -0.25) is 4.79 Å². The molecule has 2 aliphatic heterocycles. The first kappa shape index (κ1) is 10.9. The zero-order valence-electron chi connectivity index (χ0n) is 9.30. The van der Waals surface area contributed by atoms with Gasteiger partial charge in [0.05, 0.1) is 0 Å². The second-order valence-electron chi connectivity index (χ2n) is 4.56. The summed E-state index contributed by atoms with van der Waals surface area (Å²) >= 11 is 0. The van der Waals surface area contributed by atoms with Crippen LogP contribution in [-0.2, 0) is 4.79 Å². The normalized spacial score (nSPS) is 27.1. The molecule has 0 radical (unpaired) electrons. The summed E-state index contributed by atoms with van der Waals surface area (Å²) in [6, 6.07) is 0.371. The van der Waals surface area contributed by atoms with Crippen LogP contribution in [0.1, 0.15) is 25.7 Å². The Morgan fingerprint density at radius 3 is 2.87 bits per heavy atom. The van der Waals surface area contributed by atoms with Crippen molar-refractivity contribution in [2.45, 2.75) is 31.7 Å². The fourth-order valence-corrected chi connectivity index (χ4v) is 2.34. The zero-order valence-corrected chi connectivity index (χ0v) is 9.30. The highest BCUT2D eigenvalue weighted by atomic mass is 16.1. The van der Waals surface area contributed by atoms with E-state index in [2.05, 4.69) is 15.5 Å². The van der Waals surface area contributed by atoms with Crippen molar-refractivity contribution in [3.63, 3.8) is 0 Å². The van der Waals surface area contributed by atoms with E-state index in [9.17, 15) is 4.79 Å². The Balaban J connectivity index is 1.59. The SMILES string of the molecule is O=C(CCN1CCCC1)N[C@@H]1CCNC1. The standard InChI is InChI=1S/C11H21N3O/c15-11(13-10-3-5-12-9-10)4-8-14-6-1-2-7-14/h10,12H,1-9H2,(H,13,15)/t10-/m1/s1. The molecule has 0 aromatic heterocycles. The number of nitrogens with one attached hydrogen (secondary N) is 2. The van der Waals surface area contributed by atoms with Crippen LogP contribution in [0.15, 0.2) is 0 Å². The summed E-state index contributed by atoms with van der Waals surface area (Å²) in [4.78, 5) is 14.0. The van der Waals surface area contributed by atoms with Crippen LogP contribution in [0.4, 0.5) is 0 Å². The van der Waals surface area contributed by atoms with Gasteiger partial charge in [0.1, 0.15) is 0 Å². The molecule has 1 amide bonds. The minimum absolute atomic E-state index is 0.218. The largest absolute Gasteiger partial charge is 0.352 e. The maximum atomic E-state index is 11.6. The second-order valence-corrected chi connectivity index (χ2v) is 4.56. The average molecular weight is 211 g/mol. The van der Waals surface area contributed by atoms with Gasteiger partial charge >= 0.3 is 0 Å². The van der Waals surface area contributed by atoms with E-state index in [4.69, 9.17) is 0 Å². The summed E-state index contributed by atoms with van der Waals surface area (Å²) in [6.45, 7) is 5.27. The lowest BCUT2D eigenvalue weighted by atomic mass is 10.2. The van der Waals surface area contributed by atoms with Crippen LogP contribution in [-0.4, -0.2) is 49.6 Å².